The number of Topliss-reactive ketones (excluding diaryl/α,β-unsaturated/α-hetero) is 1. The molecule has 0 bridgehead atoms. The highest BCUT2D eigenvalue weighted by Gasteiger charge is 2.39. The molecule has 3 nitrogen and oxygen atoms in total. The Balaban J connectivity index is 1.66. The van der Waals surface area contributed by atoms with Crippen molar-refractivity contribution in [2.24, 2.45) is 0 Å². The smallest absolute Gasteiger partial charge is 0.163 e. The summed E-state index contributed by atoms with van der Waals surface area (Å²) in [6, 6.07) is 23.2. The molecule has 4 heteroatoms. The highest BCUT2D eigenvalue weighted by Crippen LogP contribution is 2.47. The third-order valence-electron chi connectivity index (χ3n) is 6.14. The number of benzene rings is 2. The summed E-state index contributed by atoms with van der Waals surface area (Å²) in [4.78, 5) is 17.3. The molecule has 152 valence electrons. The molecule has 1 aliphatic heterocycles. The number of nitrogens with one attached hydrogen (secondary N) is 1. The van der Waals surface area contributed by atoms with Gasteiger partial charge in [-0.05, 0) is 47.9 Å². The first-order valence-corrected chi connectivity index (χ1v) is 11.6. The second kappa shape index (κ2) is 8.11. The van der Waals surface area contributed by atoms with Crippen molar-refractivity contribution in [2.45, 2.75) is 38.1 Å². The van der Waals surface area contributed by atoms with E-state index in [1.165, 1.54) is 16.1 Å². The van der Waals surface area contributed by atoms with Crippen molar-refractivity contribution < 1.29 is 4.79 Å². The lowest BCUT2D eigenvalue weighted by atomic mass is 9.79. The summed E-state index contributed by atoms with van der Waals surface area (Å²) in [6.07, 6.45) is 2.46. The van der Waals surface area contributed by atoms with Crippen LogP contribution in [0.4, 0.5) is 11.4 Å². The largest absolute Gasteiger partial charge is 0.358 e. The lowest BCUT2D eigenvalue weighted by molar-refractivity contribution is -0.116. The van der Waals surface area contributed by atoms with Gasteiger partial charge in [0.1, 0.15) is 0 Å². The standard InChI is InChI=1S/C26H26N2OS/c1-2-14-28-22-12-7-6-11-20(22)27-21-16-19(18-9-4-3-5-10-18)17-23(29)25(21)26(28)24-13-8-15-30-24/h3-13,15,19,26-27H,2,14,16-17H2,1H3/t19-,26-/m1/s1. The van der Waals surface area contributed by atoms with Gasteiger partial charge in [0.25, 0.3) is 0 Å². The van der Waals surface area contributed by atoms with Crippen LogP contribution in [0.5, 0.6) is 0 Å². The van der Waals surface area contributed by atoms with Gasteiger partial charge in [0.15, 0.2) is 5.78 Å². The fourth-order valence-corrected chi connectivity index (χ4v) is 5.69. The van der Waals surface area contributed by atoms with Crippen LogP contribution in [0.25, 0.3) is 0 Å². The molecule has 2 heterocycles. The van der Waals surface area contributed by atoms with Crippen LogP contribution in [0.2, 0.25) is 0 Å². The quantitative estimate of drug-likeness (QED) is 0.527. The van der Waals surface area contributed by atoms with Crippen molar-refractivity contribution in [2.75, 3.05) is 16.8 Å². The number of nitrogens with zero attached hydrogens (tertiary/aromatic N) is 1. The third kappa shape index (κ3) is 3.35. The van der Waals surface area contributed by atoms with E-state index in [-0.39, 0.29) is 17.7 Å². The van der Waals surface area contributed by atoms with E-state index in [2.05, 4.69) is 83.2 Å². The predicted octanol–water partition coefficient (Wildman–Crippen LogP) is 6.53. The maximum absolute atomic E-state index is 13.7. The summed E-state index contributed by atoms with van der Waals surface area (Å²) in [6.45, 7) is 3.11. The number of hydrogen-bond acceptors (Lipinski definition) is 4. The Morgan fingerprint density at radius 2 is 1.80 bits per heavy atom. The Kier molecular flexibility index (Phi) is 5.17. The van der Waals surface area contributed by atoms with Crippen LogP contribution in [0.15, 0.2) is 83.4 Å². The Morgan fingerprint density at radius 1 is 1.00 bits per heavy atom. The van der Waals surface area contributed by atoms with E-state index in [0.29, 0.717) is 6.42 Å². The molecule has 1 aromatic heterocycles. The van der Waals surface area contributed by atoms with Crippen LogP contribution < -0.4 is 10.2 Å². The van der Waals surface area contributed by atoms with Gasteiger partial charge < -0.3 is 10.2 Å². The number of para-hydroxylation sites is 2. The minimum absolute atomic E-state index is 0.0275. The predicted molar refractivity (Wildman–Crippen MR) is 125 cm³/mol. The van der Waals surface area contributed by atoms with Crippen molar-refractivity contribution >= 4 is 28.5 Å². The van der Waals surface area contributed by atoms with Gasteiger partial charge >= 0.3 is 0 Å². The second-order valence-electron chi connectivity index (χ2n) is 8.08. The Labute approximate surface area is 182 Å². The van der Waals surface area contributed by atoms with Crippen molar-refractivity contribution in [1.29, 1.82) is 0 Å². The van der Waals surface area contributed by atoms with Gasteiger partial charge in [-0.2, -0.15) is 0 Å². The molecule has 30 heavy (non-hydrogen) atoms. The summed E-state index contributed by atoms with van der Waals surface area (Å²) in [5.74, 6) is 0.490. The molecule has 0 fully saturated rings. The van der Waals surface area contributed by atoms with Crippen LogP contribution >= 0.6 is 11.3 Å². The Morgan fingerprint density at radius 3 is 2.57 bits per heavy atom. The summed E-state index contributed by atoms with van der Waals surface area (Å²) < 4.78 is 0. The Bertz CT molecular complexity index is 1070. The van der Waals surface area contributed by atoms with Gasteiger partial charge in [-0.3, -0.25) is 4.79 Å². The molecule has 0 radical (unpaired) electrons. The number of hydrogen-bond donors (Lipinski definition) is 1. The SMILES string of the molecule is CCCN1c2ccccc2NC2=C(C(=O)C[C@H](c3ccccc3)C2)[C@H]1c1cccs1. The van der Waals surface area contributed by atoms with Crippen molar-refractivity contribution in [3.05, 3.63) is 93.8 Å². The number of allylic oxidation sites excluding steroid dienone is 1. The topological polar surface area (TPSA) is 32.3 Å². The molecular formula is C26H26N2OS. The number of anilines is 2. The van der Waals surface area contributed by atoms with Crippen LogP contribution in [0.1, 0.15) is 48.6 Å². The Hall–Kier alpha value is -2.85. The lowest BCUT2D eigenvalue weighted by Crippen LogP contribution is -2.34. The summed E-state index contributed by atoms with van der Waals surface area (Å²) in [5, 5.41) is 5.81. The minimum Gasteiger partial charge on any atom is -0.358 e. The van der Waals surface area contributed by atoms with Crippen molar-refractivity contribution in [1.82, 2.24) is 0 Å². The zero-order valence-electron chi connectivity index (χ0n) is 17.2. The van der Waals surface area contributed by atoms with Gasteiger partial charge in [-0.15, -0.1) is 11.3 Å². The van der Waals surface area contributed by atoms with E-state index in [0.717, 1.165) is 36.3 Å². The normalized spacial score (nSPS) is 21.0. The lowest BCUT2D eigenvalue weighted by Gasteiger charge is -2.35. The zero-order valence-corrected chi connectivity index (χ0v) is 18.0. The van der Waals surface area contributed by atoms with Gasteiger partial charge in [-0.25, -0.2) is 0 Å². The maximum atomic E-state index is 13.7. The third-order valence-corrected chi connectivity index (χ3v) is 7.06. The van der Waals surface area contributed by atoms with Crippen molar-refractivity contribution in [3.63, 3.8) is 0 Å². The number of carbonyl (C=O) groups is 1. The first-order chi connectivity index (χ1) is 14.8. The number of fused-ring (bicyclic) bond motifs is 1. The van der Waals surface area contributed by atoms with Gasteiger partial charge in [0.2, 0.25) is 0 Å². The van der Waals surface area contributed by atoms with Crippen LogP contribution in [0.3, 0.4) is 0 Å². The first kappa shape index (κ1) is 19.1. The van der Waals surface area contributed by atoms with E-state index >= 15 is 0 Å². The minimum atomic E-state index is -0.0275. The molecule has 0 spiro atoms. The molecule has 1 N–H and O–H groups in total. The van der Waals surface area contributed by atoms with E-state index < -0.39 is 0 Å². The number of carbonyl (C=O) groups excluding carboxylic acids is 1. The summed E-state index contributed by atoms with van der Waals surface area (Å²) >= 11 is 1.74. The molecule has 5 rings (SSSR count). The molecule has 2 aliphatic rings. The van der Waals surface area contributed by atoms with E-state index in [4.69, 9.17) is 0 Å². The molecule has 0 saturated heterocycles. The summed E-state index contributed by atoms with van der Waals surface area (Å²) in [5.41, 5.74) is 5.56. The molecule has 2 aromatic carbocycles. The molecular weight excluding hydrogens is 388 g/mol. The zero-order chi connectivity index (χ0) is 20.5. The average molecular weight is 415 g/mol. The van der Waals surface area contributed by atoms with Crippen LogP contribution in [0, 0.1) is 0 Å². The van der Waals surface area contributed by atoms with E-state index in [1.54, 1.807) is 11.3 Å². The number of rotatable bonds is 4. The monoisotopic (exact) mass is 414 g/mol. The van der Waals surface area contributed by atoms with Crippen molar-refractivity contribution in [3.8, 4) is 0 Å². The fourth-order valence-electron chi connectivity index (χ4n) is 4.85. The van der Waals surface area contributed by atoms with Crippen LogP contribution in [-0.4, -0.2) is 12.3 Å². The molecule has 2 atom stereocenters. The number of ketones is 1. The summed E-state index contributed by atoms with van der Waals surface area (Å²) in [7, 11) is 0. The van der Waals surface area contributed by atoms with E-state index in [9.17, 15) is 4.79 Å². The molecule has 1 aliphatic carbocycles. The maximum Gasteiger partial charge on any atom is 0.163 e. The number of thiophene rings is 1. The average Bonchev–Trinajstić information content (AvgIpc) is 3.26. The highest BCUT2D eigenvalue weighted by molar-refractivity contribution is 7.10. The highest BCUT2D eigenvalue weighted by atomic mass is 32.1. The first-order valence-electron chi connectivity index (χ1n) is 10.7. The molecule has 0 amide bonds. The van der Waals surface area contributed by atoms with Gasteiger partial charge in [-0.1, -0.05) is 55.5 Å². The van der Waals surface area contributed by atoms with Gasteiger partial charge in [0, 0.05) is 29.1 Å². The van der Waals surface area contributed by atoms with Gasteiger partial charge in [0.05, 0.1) is 17.4 Å². The molecule has 0 unspecified atom stereocenters. The fraction of sp³-hybridized carbons (Fsp3) is 0.269. The van der Waals surface area contributed by atoms with E-state index in [1.807, 2.05) is 6.07 Å². The molecule has 0 saturated carbocycles. The van der Waals surface area contributed by atoms with Crippen LogP contribution in [-0.2, 0) is 4.79 Å². The molecule has 3 aromatic rings. The second-order valence-corrected chi connectivity index (χ2v) is 9.06.